The van der Waals surface area contributed by atoms with E-state index < -0.39 is 0 Å². The third-order valence-corrected chi connectivity index (χ3v) is 4.79. The van der Waals surface area contributed by atoms with Crippen LogP contribution in [0.2, 0.25) is 0 Å². The monoisotopic (exact) mass is 260 g/mol. The van der Waals surface area contributed by atoms with E-state index in [9.17, 15) is 0 Å². The van der Waals surface area contributed by atoms with Gasteiger partial charge in [0.05, 0.1) is 0 Å². The van der Waals surface area contributed by atoms with Crippen molar-refractivity contribution < 1.29 is 0 Å². The van der Waals surface area contributed by atoms with E-state index in [1.807, 2.05) is 0 Å². The Bertz CT molecular complexity index is 405. The summed E-state index contributed by atoms with van der Waals surface area (Å²) in [6, 6.07) is 9.03. The van der Waals surface area contributed by atoms with E-state index in [2.05, 4.69) is 50.2 Å². The van der Waals surface area contributed by atoms with Crippen LogP contribution in [0.5, 0.6) is 0 Å². The first kappa shape index (κ1) is 14.5. The number of nitrogens with zero attached hydrogens (tertiary/aromatic N) is 1. The van der Waals surface area contributed by atoms with Crippen LogP contribution in [-0.4, -0.2) is 24.5 Å². The quantitative estimate of drug-likeness (QED) is 0.878. The van der Waals surface area contributed by atoms with Crippen molar-refractivity contribution in [2.75, 3.05) is 14.1 Å². The maximum absolute atomic E-state index is 6.66. The minimum Gasteiger partial charge on any atom is -0.322 e. The predicted molar refractivity (Wildman–Crippen MR) is 82.3 cm³/mol. The Morgan fingerprint density at radius 3 is 2.53 bits per heavy atom. The van der Waals surface area contributed by atoms with Gasteiger partial charge >= 0.3 is 0 Å². The lowest BCUT2D eigenvalue weighted by Crippen LogP contribution is -2.50. The van der Waals surface area contributed by atoms with Crippen LogP contribution in [0.3, 0.4) is 0 Å². The number of hydrogen-bond acceptors (Lipinski definition) is 2. The highest BCUT2D eigenvalue weighted by molar-refractivity contribution is 5.29. The second kappa shape index (κ2) is 6.06. The van der Waals surface area contributed by atoms with Crippen LogP contribution in [0.4, 0.5) is 0 Å². The van der Waals surface area contributed by atoms with Crippen LogP contribution in [0.15, 0.2) is 24.3 Å². The fraction of sp³-hybridized carbons (Fsp3) is 0.647. The van der Waals surface area contributed by atoms with Crippen LogP contribution in [0, 0.1) is 0 Å². The summed E-state index contributed by atoms with van der Waals surface area (Å²) in [7, 11) is 4.36. The van der Waals surface area contributed by atoms with E-state index in [0.717, 1.165) is 6.42 Å². The molecule has 0 bridgehead atoms. The molecule has 1 aromatic rings. The van der Waals surface area contributed by atoms with Crippen molar-refractivity contribution in [2.45, 2.75) is 57.0 Å². The van der Waals surface area contributed by atoms with E-state index in [0.29, 0.717) is 0 Å². The normalized spacial score (nSPS) is 19.8. The molecule has 0 aromatic heterocycles. The van der Waals surface area contributed by atoms with Crippen LogP contribution < -0.4 is 5.73 Å². The summed E-state index contributed by atoms with van der Waals surface area (Å²) in [5.74, 6) is 0. The summed E-state index contributed by atoms with van der Waals surface area (Å²) < 4.78 is 0. The molecule has 0 amide bonds. The van der Waals surface area contributed by atoms with Crippen molar-refractivity contribution in [1.82, 2.24) is 4.90 Å². The molecule has 0 radical (unpaired) electrons. The molecule has 1 saturated carbocycles. The topological polar surface area (TPSA) is 29.3 Å². The highest BCUT2D eigenvalue weighted by atomic mass is 15.2. The molecule has 0 aliphatic heterocycles. The van der Waals surface area contributed by atoms with E-state index in [4.69, 9.17) is 5.73 Å². The molecular weight excluding hydrogens is 232 g/mol. The fourth-order valence-electron chi connectivity index (χ4n) is 3.56. The van der Waals surface area contributed by atoms with Crippen LogP contribution >= 0.6 is 0 Å². The average Bonchev–Trinajstić information content (AvgIpc) is 2.89. The lowest BCUT2D eigenvalue weighted by atomic mass is 9.82. The molecule has 1 unspecified atom stereocenters. The van der Waals surface area contributed by atoms with Crippen molar-refractivity contribution in [3.63, 3.8) is 0 Å². The van der Waals surface area contributed by atoms with Gasteiger partial charge in [0.15, 0.2) is 0 Å². The molecule has 106 valence electrons. The second-order valence-corrected chi connectivity index (χ2v) is 6.18. The average molecular weight is 260 g/mol. The first-order valence-electron chi connectivity index (χ1n) is 7.62. The number of likely N-dealkylation sites (N-methyl/N-ethyl adjacent to an activating group) is 1. The zero-order valence-corrected chi connectivity index (χ0v) is 12.7. The van der Waals surface area contributed by atoms with Gasteiger partial charge in [-0.05, 0) is 44.5 Å². The summed E-state index contributed by atoms with van der Waals surface area (Å²) in [5.41, 5.74) is 9.54. The SMILES string of the molecule is CCCc1cccc(C(N)C2(N(C)C)CCCC2)c1. The Hall–Kier alpha value is -0.860. The van der Waals surface area contributed by atoms with E-state index in [1.54, 1.807) is 0 Å². The highest BCUT2D eigenvalue weighted by Crippen LogP contribution is 2.42. The van der Waals surface area contributed by atoms with Gasteiger partial charge in [0, 0.05) is 11.6 Å². The number of benzene rings is 1. The molecule has 0 saturated heterocycles. The summed E-state index contributed by atoms with van der Waals surface area (Å²) in [5, 5.41) is 0. The van der Waals surface area contributed by atoms with Gasteiger partial charge in [0.2, 0.25) is 0 Å². The van der Waals surface area contributed by atoms with E-state index >= 15 is 0 Å². The van der Waals surface area contributed by atoms with E-state index in [1.165, 1.54) is 43.2 Å². The summed E-state index contributed by atoms with van der Waals surface area (Å²) in [6.45, 7) is 2.23. The minimum atomic E-state index is 0.127. The van der Waals surface area contributed by atoms with Crippen molar-refractivity contribution in [3.05, 3.63) is 35.4 Å². The Morgan fingerprint density at radius 2 is 1.95 bits per heavy atom. The highest BCUT2D eigenvalue weighted by Gasteiger charge is 2.42. The van der Waals surface area contributed by atoms with Crippen molar-refractivity contribution >= 4 is 0 Å². The molecule has 1 aromatic carbocycles. The second-order valence-electron chi connectivity index (χ2n) is 6.18. The number of aryl methyl sites for hydroxylation is 1. The number of rotatable bonds is 5. The van der Waals surface area contributed by atoms with Gasteiger partial charge in [-0.2, -0.15) is 0 Å². The molecule has 1 fully saturated rings. The van der Waals surface area contributed by atoms with Crippen LogP contribution in [0.1, 0.15) is 56.2 Å². The molecule has 1 aliphatic carbocycles. The third-order valence-electron chi connectivity index (χ3n) is 4.79. The van der Waals surface area contributed by atoms with Gasteiger partial charge in [0.1, 0.15) is 0 Å². The molecule has 1 atom stereocenters. The van der Waals surface area contributed by atoms with Gasteiger partial charge in [-0.3, -0.25) is 0 Å². The Balaban J connectivity index is 2.26. The zero-order valence-electron chi connectivity index (χ0n) is 12.7. The Kier molecular flexibility index (Phi) is 4.64. The molecule has 2 N–H and O–H groups in total. The summed E-state index contributed by atoms with van der Waals surface area (Å²) in [6.07, 6.45) is 7.40. The van der Waals surface area contributed by atoms with Gasteiger partial charge in [0.25, 0.3) is 0 Å². The van der Waals surface area contributed by atoms with Crippen molar-refractivity contribution in [1.29, 1.82) is 0 Å². The first-order chi connectivity index (χ1) is 9.10. The fourth-order valence-corrected chi connectivity index (χ4v) is 3.56. The number of hydrogen-bond donors (Lipinski definition) is 1. The largest absolute Gasteiger partial charge is 0.322 e. The third kappa shape index (κ3) is 2.85. The molecule has 0 heterocycles. The maximum Gasteiger partial charge on any atom is 0.0482 e. The van der Waals surface area contributed by atoms with Crippen LogP contribution in [0.25, 0.3) is 0 Å². The lowest BCUT2D eigenvalue weighted by molar-refractivity contribution is 0.123. The van der Waals surface area contributed by atoms with Crippen LogP contribution in [-0.2, 0) is 6.42 Å². The maximum atomic E-state index is 6.66. The molecule has 2 rings (SSSR count). The van der Waals surface area contributed by atoms with Gasteiger partial charge < -0.3 is 10.6 Å². The molecular formula is C17H28N2. The minimum absolute atomic E-state index is 0.127. The summed E-state index contributed by atoms with van der Waals surface area (Å²) in [4.78, 5) is 2.36. The smallest absolute Gasteiger partial charge is 0.0482 e. The zero-order chi connectivity index (χ0) is 13.9. The van der Waals surface area contributed by atoms with E-state index in [-0.39, 0.29) is 11.6 Å². The standard InChI is InChI=1S/C17H28N2/c1-4-8-14-9-7-10-15(13-14)16(18)17(19(2)3)11-5-6-12-17/h7,9-10,13,16H,4-6,8,11-12,18H2,1-3H3. The molecule has 0 spiro atoms. The lowest BCUT2D eigenvalue weighted by Gasteiger charge is -2.41. The van der Waals surface area contributed by atoms with Crippen molar-refractivity contribution in [3.8, 4) is 0 Å². The first-order valence-corrected chi connectivity index (χ1v) is 7.62. The molecule has 2 nitrogen and oxygen atoms in total. The van der Waals surface area contributed by atoms with Gasteiger partial charge in [-0.25, -0.2) is 0 Å². The summed E-state index contributed by atoms with van der Waals surface area (Å²) >= 11 is 0. The van der Waals surface area contributed by atoms with Gasteiger partial charge in [-0.15, -0.1) is 0 Å². The molecule has 19 heavy (non-hydrogen) atoms. The Morgan fingerprint density at radius 1 is 1.26 bits per heavy atom. The predicted octanol–water partition coefficient (Wildman–Crippen LogP) is 3.51. The number of nitrogens with two attached hydrogens (primary N) is 1. The van der Waals surface area contributed by atoms with Crippen molar-refractivity contribution in [2.24, 2.45) is 5.73 Å². The molecule has 2 heteroatoms. The van der Waals surface area contributed by atoms with Gasteiger partial charge in [-0.1, -0.05) is 50.5 Å². The molecule has 1 aliphatic rings. The Labute approximate surface area is 118 Å².